The molecule has 1 unspecified atom stereocenters. The third kappa shape index (κ3) is 3.31. The molecule has 0 saturated carbocycles. The van der Waals surface area contributed by atoms with Gasteiger partial charge in [0.1, 0.15) is 11.4 Å². The minimum absolute atomic E-state index is 0.0605. The minimum atomic E-state index is -0.302. The Balaban J connectivity index is 3.13. The van der Waals surface area contributed by atoms with Gasteiger partial charge in [-0.1, -0.05) is 43.1 Å². The van der Waals surface area contributed by atoms with Crippen molar-refractivity contribution >= 4 is 21.6 Å². The lowest BCUT2D eigenvalue weighted by Gasteiger charge is -2.07. The Hall–Kier alpha value is -0.910. The fraction of sp³-hybridized carbons (Fsp3) is 0.750. The number of aromatic nitrogens is 2. The minimum Gasteiger partial charge on any atom is -0.265 e. The maximum absolute atomic E-state index is 11.2. The quantitative estimate of drug-likeness (QED) is 0.458. The second-order valence-corrected chi connectivity index (χ2v) is 6.10. The van der Waals surface area contributed by atoms with Crippen LogP contribution in [0.3, 0.4) is 0 Å². The van der Waals surface area contributed by atoms with Crippen molar-refractivity contribution in [3.63, 3.8) is 0 Å². The molecule has 0 aliphatic carbocycles. The van der Waals surface area contributed by atoms with Gasteiger partial charge in [-0.05, 0) is 6.42 Å². The zero-order valence-electron chi connectivity index (χ0n) is 11.3. The summed E-state index contributed by atoms with van der Waals surface area (Å²) < 4.78 is 1.65. The van der Waals surface area contributed by atoms with Gasteiger partial charge in [-0.2, -0.15) is 5.10 Å². The highest BCUT2D eigenvalue weighted by Gasteiger charge is 2.28. The van der Waals surface area contributed by atoms with E-state index in [-0.39, 0.29) is 21.4 Å². The number of rotatable bonds is 6. The summed E-state index contributed by atoms with van der Waals surface area (Å²) in [7, 11) is 1.78. The van der Waals surface area contributed by atoms with Gasteiger partial charge >= 0.3 is 5.69 Å². The molecule has 0 fully saturated rings. The van der Waals surface area contributed by atoms with Gasteiger partial charge in [-0.25, -0.2) is 0 Å². The molecule has 18 heavy (non-hydrogen) atoms. The molecule has 5 nitrogen and oxygen atoms in total. The molecule has 6 heteroatoms. The fourth-order valence-corrected chi connectivity index (χ4v) is 2.78. The number of nitro groups is 1. The van der Waals surface area contributed by atoms with Crippen LogP contribution in [0.15, 0.2) is 0 Å². The molecule has 1 rings (SSSR count). The van der Waals surface area contributed by atoms with Crippen molar-refractivity contribution in [2.24, 2.45) is 7.05 Å². The van der Waals surface area contributed by atoms with Crippen molar-refractivity contribution in [2.45, 2.75) is 50.8 Å². The van der Waals surface area contributed by atoms with Gasteiger partial charge in [0, 0.05) is 24.2 Å². The maximum Gasteiger partial charge on any atom is 0.313 e. The monoisotopic (exact) mass is 317 g/mol. The first-order chi connectivity index (χ1) is 8.38. The Morgan fingerprint density at radius 2 is 2.11 bits per heavy atom. The van der Waals surface area contributed by atoms with Crippen LogP contribution in [0.1, 0.15) is 50.9 Å². The third-order valence-electron chi connectivity index (χ3n) is 2.91. The second-order valence-electron chi connectivity index (χ2n) is 4.81. The standard InChI is InChI=1S/C12H20BrN3O2/c1-5-6-9(13)7-10-12(16(17)18)11(8(2)3)14-15(10)4/h8-9H,5-7H2,1-4H3. The Morgan fingerprint density at radius 1 is 1.50 bits per heavy atom. The van der Waals surface area contributed by atoms with Crippen molar-refractivity contribution < 1.29 is 4.92 Å². The van der Waals surface area contributed by atoms with E-state index in [2.05, 4.69) is 28.0 Å². The molecule has 0 amide bonds. The van der Waals surface area contributed by atoms with E-state index >= 15 is 0 Å². The number of aryl methyl sites for hydroxylation is 1. The highest BCUT2D eigenvalue weighted by molar-refractivity contribution is 9.09. The van der Waals surface area contributed by atoms with Gasteiger partial charge in [-0.15, -0.1) is 0 Å². The first-order valence-electron chi connectivity index (χ1n) is 6.22. The molecule has 0 saturated heterocycles. The molecule has 0 radical (unpaired) electrons. The van der Waals surface area contributed by atoms with Crippen LogP contribution in [-0.4, -0.2) is 19.5 Å². The summed E-state index contributed by atoms with van der Waals surface area (Å²) in [4.78, 5) is 11.2. The van der Waals surface area contributed by atoms with Crippen molar-refractivity contribution in [1.82, 2.24) is 9.78 Å². The van der Waals surface area contributed by atoms with Crippen molar-refractivity contribution in [3.8, 4) is 0 Å². The zero-order chi connectivity index (χ0) is 13.9. The van der Waals surface area contributed by atoms with Crippen LogP contribution in [-0.2, 0) is 13.5 Å². The van der Waals surface area contributed by atoms with E-state index in [1.54, 1.807) is 11.7 Å². The molecule has 102 valence electrons. The van der Waals surface area contributed by atoms with Crippen molar-refractivity contribution in [2.75, 3.05) is 0 Å². The number of halogens is 1. The molecule has 1 heterocycles. The summed E-state index contributed by atoms with van der Waals surface area (Å²) in [6.07, 6.45) is 2.69. The molecule has 0 aromatic carbocycles. The maximum atomic E-state index is 11.2. The van der Waals surface area contributed by atoms with Gasteiger partial charge in [0.2, 0.25) is 0 Å². The van der Waals surface area contributed by atoms with Crippen LogP contribution in [0.5, 0.6) is 0 Å². The van der Waals surface area contributed by atoms with E-state index in [1.165, 1.54) is 0 Å². The van der Waals surface area contributed by atoms with Crippen molar-refractivity contribution in [3.05, 3.63) is 21.5 Å². The van der Waals surface area contributed by atoms with Crippen LogP contribution in [0.25, 0.3) is 0 Å². The normalized spacial score (nSPS) is 13.0. The van der Waals surface area contributed by atoms with Gasteiger partial charge in [0.05, 0.1) is 4.92 Å². The average molecular weight is 318 g/mol. The molecule has 0 aliphatic rings. The predicted octanol–water partition coefficient (Wildman–Crippen LogP) is 3.56. The lowest BCUT2D eigenvalue weighted by molar-refractivity contribution is -0.386. The molecule has 0 spiro atoms. The number of alkyl halides is 1. The summed E-state index contributed by atoms with van der Waals surface area (Å²) >= 11 is 3.57. The van der Waals surface area contributed by atoms with Crippen LogP contribution in [0.2, 0.25) is 0 Å². The van der Waals surface area contributed by atoms with E-state index in [4.69, 9.17) is 0 Å². The molecule has 1 aromatic rings. The Kier molecular flexibility index (Phi) is 5.31. The van der Waals surface area contributed by atoms with Crippen LogP contribution >= 0.6 is 15.9 Å². The van der Waals surface area contributed by atoms with E-state index in [1.807, 2.05) is 13.8 Å². The predicted molar refractivity (Wildman–Crippen MR) is 75.3 cm³/mol. The SMILES string of the molecule is CCCC(Br)Cc1c([N+](=O)[O-])c(C(C)C)nn1C. The lowest BCUT2D eigenvalue weighted by atomic mass is 10.1. The van der Waals surface area contributed by atoms with Gasteiger partial charge < -0.3 is 0 Å². The highest BCUT2D eigenvalue weighted by atomic mass is 79.9. The van der Waals surface area contributed by atoms with Crippen LogP contribution < -0.4 is 0 Å². The summed E-state index contributed by atoms with van der Waals surface area (Å²) in [5.74, 6) is 0.0605. The molecular formula is C12H20BrN3O2. The van der Waals surface area contributed by atoms with E-state index in [0.717, 1.165) is 12.8 Å². The smallest absolute Gasteiger partial charge is 0.265 e. The summed E-state index contributed by atoms with van der Waals surface area (Å²) in [5.41, 5.74) is 1.47. The van der Waals surface area contributed by atoms with Crippen LogP contribution in [0, 0.1) is 10.1 Å². The molecule has 1 aromatic heterocycles. The summed E-state index contributed by atoms with van der Waals surface area (Å²) in [5, 5.41) is 15.5. The molecule has 0 N–H and O–H groups in total. The number of hydrogen-bond donors (Lipinski definition) is 0. The van der Waals surface area contributed by atoms with E-state index in [9.17, 15) is 10.1 Å². The summed E-state index contributed by atoms with van der Waals surface area (Å²) in [6.45, 7) is 5.96. The van der Waals surface area contributed by atoms with Crippen LogP contribution in [0.4, 0.5) is 5.69 Å². The summed E-state index contributed by atoms with van der Waals surface area (Å²) in [6, 6.07) is 0. The Morgan fingerprint density at radius 3 is 2.56 bits per heavy atom. The largest absolute Gasteiger partial charge is 0.313 e. The highest BCUT2D eigenvalue weighted by Crippen LogP contribution is 2.31. The van der Waals surface area contributed by atoms with Gasteiger partial charge in [0.25, 0.3) is 0 Å². The van der Waals surface area contributed by atoms with E-state index < -0.39 is 0 Å². The van der Waals surface area contributed by atoms with Gasteiger partial charge in [0.15, 0.2) is 0 Å². The fourth-order valence-electron chi connectivity index (χ4n) is 2.01. The second kappa shape index (κ2) is 6.31. The molecule has 1 atom stereocenters. The molecule has 0 bridgehead atoms. The van der Waals surface area contributed by atoms with E-state index in [0.29, 0.717) is 17.8 Å². The average Bonchev–Trinajstić information content (AvgIpc) is 2.57. The topological polar surface area (TPSA) is 61.0 Å². The number of hydrogen-bond acceptors (Lipinski definition) is 3. The lowest BCUT2D eigenvalue weighted by Crippen LogP contribution is -2.09. The van der Waals surface area contributed by atoms with Gasteiger partial charge in [-0.3, -0.25) is 14.8 Å². The third-order valence-corrected chi connectivity index (χ3v) is 3.69. The molecule has 0 aliphatic heterocycles. The first kappa shape index (κ1) is 15.1. The molecular weight excluding hydrogens is 298 g/mol. The zero-order valence-corrected chi connectivity index (χ0v) is 12.9. The Bertz CT molecular complexity index is 429. The van der Waals surface area contributed by atoms with Crippen molar-refractivity contribution in [1.29, 1.82) is 0 Å². The number of nitrogens with zero attached hydrogens (tertiary/aromatic N) is 3. The first-order valence-corrected chi connectivity index (χ1v) is 7.14. The Labute approximate surface area is 116 Å².